The zero-order valence-electron chi connectivity index (χ0n) is 16.0. The number of anilines is 2. The number of hydrogen-bond donors (Lipinski definition) is 3. The number of benzene rings is 2. The van der Waals surface area contributed by atoms with Gasteiger partial charge in [0.05, 0.1) is 11.6 Å². The molecule has 4 rings (SSSR count). The summed E-state index contributed by atoms with van der Waals surface area (Å²) in [5.41, 5.74) is 4.22. The van der Waals surface area contributed by atoms with Crippen LogP contribution in [0.1, 0.15) is 18.5 Å². The maximum atomic E-state index is 11.4. The third kappa shape index (κ3) is 4.38. The fourth-order valence-electron chi connectivity index (χ4n) is 3.17. The molecule has 0 aliphatic heterocycles. The van der Waals surface area contributed by atoms with Crippen LogP contribution in [0.5, 0.6) is 0 Å². The summed E-state index contributed by atoms with van der Waals surface area (Å²) in [5, 5.41) is 4.35. The zero-order chi connectivity index (χ0) is 20.4. The Morgan fingerprint density at radius 1 is 1.00 bits per heavy atom. The minimum absolute atomic E-state index is 0.0917. The van der Waals surface area contributed by atoms with E-state index in [1.54, 1.807) is 12.1 Å². The Kier molecular flexibility index (Phi) is 4.94. The first-order valence-corrected chi connectivity index (χ1v) is 11.0. The molecule has 0 saturated carbocycles. The molecule has 148 valence electrons. The summed E-state index contributed by atoms with van der Waals surface area (Å²) >= 11 is 0. The second-order valence-corrected chi connectivity index (χ2v) is 8.64. The van der Waals surface area contributed by atoms with Gasteiger partial charge in [-0.25, -0.2) is 18.4 Å². The Balaban J connectivity index is 1.62. The van der Waals surface area contributed by atoms with Gasteiger partial charge in [-0.05, 0) is 36.2 Å². The molecular weight excluding hydrogens is 386 g/mol. The van der Waals surface area contributed by atoms with Crippen LogP contribution in [0.2, 0.25) is 0 Å². The third-order valence-electron chi connectivity index (χ3n) is 4.58. The van der Waals surface area contributed by atoms with E-state index < -0.39 is 10.0 Å². The molecule has 0 aliphatic carbocycles. The Labute approximate surface area is 169 Å². The van der Waals surface area contributed by atoms with Gasteiger partial charge in [0.2, 0.25) is 10.0 Å². The molecule has 0 saturated heterocycles. The molecule has 0 spiro atoms. The van der Waals surface area contributed by atoms with E-state index in [0.717, 1.165) is 34.4 Å². The van der Waals surface area contributed by atoms with E-state index >= 15 is 0 Å². The number of aromatic nitrogens is 3. The molecule has 29 heavy (non-hydrogen) atoms. The summed E-state index contributed by atoms with van der Waals surface area (Å²) in [6.45, 7) is 2.09. The fraction of sp³-hybridized carbons (Fsp3) is 0.143. The van der Waals surface area contributed by atoms with E-state index in [-0.39, 0.29) is 6.04 Å². The highest BCUT2D eigenvalue weighted by Gasteiger charge is 2.12. The van der Waals surface area contributed by atoms with Crippen molar-refractivity contribution in [3.8, 4) is 11.3 Å². The number of fused-ring (bicyclic) bond motifs is 1. The van der Waals surface area contributed by atoms with Crippen molar-refractivity contribution in [3.05, 3.63) is 72.6 Å². The monoisotopic (exact) mass is 407 g/mol. The lowest BCUT2D eigenvalue weighted by atomic mass is 10.1. The predicted molar refractivity (Wildman–Crippen MR) is 116 cm³/mol. The van der Waals surface area contributed by atoms with Crippen molar-refractivity contribution >= 4 is 32.6 Å². The van der Waals surface area contributed by atoms with Crippen LogP contribution in [0.3, 0.4) is 0 Å². The number of sulfonamides is 1. The first-order valence-electron chi connectivity index (χ1n) is 9.12. The second-order valence-electron chi connectivity index (χ2n) is 6.90. The summed E-state index contributed by atoms with van der Waals surface area (Å²) in [6, 6.07) is 19.4. The van der Waals surface area contributed by atoms with E-state index in [9.17, 15) is 8.42 Å². The number of nitrogens with one attached hydrogen (secondary N) is 3. The van der Waals surface area contributed by atoms with E-state index in [2.05, 4.69) is 44.0 Å². The second kappa shape index (κ2) is 7.56. The van der Waals surface area contributed by atoms with Gasteiger partial charge in [0.15, 0.2) is 0 Å². The lowest BCUT2D eigenvalue weighted by Crippen LogP contribution is -2.09. The molecular formula is C21H21N5O2S. The van der Waals surface area contributed by atoms with Crippen molar-refractivity contribution < 1.29 is 8.42 Å². The molecule has 1 unspecified atom stereocenters. The van der Waals surface area contributed by atoms with Crippen LogP contribution < -0.4 is 10.0 Å². The largest absolute Gasteiger partial charge is 0.363 e. The van der Waals surface area contributed by atoms with Gasteiger partial charge < -0.3 is 10.3 Å². The first kappa shape index (κ1) is 18.9. The smallest absolute Gasteiger partial charge is 0.229 e. The molecule has 4 aromatic rings. The highest BCUT2D eigenvalue weighted by Crippen LogP contribution is 2.29. The highest BCUT2D eigenvalue weighted by atomic mass is 32.2. The van der Waals surface area contributed by atoms with Gasteiger partial charge in [0.25, 0.3) is 0 Å². The average Bonchev–Trinajstić information content (AvgIpc) is 3.13. The number of rotatable bonds is 6. The van der Waals surface area contributed by atoms with Gasteiger partial charge in [-0.1, -0.05) is 42.5 Å². The van der Waals surface area contributed by atoms with Crippen LogP contribution >= 0.6 is 0 Å². The highest BCUT2D eigenvalue weighted by molar-refractivity contribution is 7.92. The van der Waals surface area contributed by atoms with Gasteiger partial charge >= 0.3 is 0 Å². The van der Waals surface area contributed by atoms with Gasteiger partial charge in [0.1, 0.15) is 17.8 Å². The lowest BCUT2D eigenvalue weighted by Gasteiger charge is -2.15. The molecule has 1 atom stereocenters. The molecule has 0 radical (unpaired) electrons. The molecule has 0 fully saturated rings. The minimum Gasteiger partial charge on any atom is -0.363 e. The van der Waals surface area contributed by atoms with Crippen LogP contribution in [-0.4, -0.2) is 29.6 Å². The summed E-state index contributed by atoms with van der Waals surface area (Å²) in [4.78, 5) is 12.1. The average molecular weight is 407 g/mol. The number of hydrogen-bond acceptors (Lipinski definition) is 5. The van der Waals surface area contributed by atoms with Crippen molar-refractivity contribution in [2.75, 3.05) is 16.3 Å². The summed E-state index contributed by atoms with van der Waals surface area (Å²) in [5.74, 6) is 0.754. The van der Waals surface area contributed by atoms with Gasteiger partial charge in [0, 0.05) is 17.4 Å². The predicted octanol–water partition coefficient (Wildman–Crippen LogP) is 4.17. The van der Waals surface area contributed by atoms with Gasteiger partial charge in [-0.2, -0.15) is 0 Å². The van der Waals surface area contributed by atoms with E-state index in [4.69, 9.17) is 0 Å². The molecule has 2 heterocycles. The maximum Gasteiger partial charge on any atom is 0.229 e. The SMILES string of the molecule is CC(Nc1ncnc2[nH]c(-c3ccc(NS(C)(=O)=O)cc3)cc12)c1ccccc1. The van der Waals surface area contributed by atoms with Crippen molar-refractivity contribution in [1.29, 1.82) is 0 Å². The quantitative estimate of drug-likeness (QED) is 0.445. The van der Waals surface area contributed by atoms with Crippen molar-refractivity contribution in [3.63, 3.8) is 0 Å². The summed E-state index contributed by atoms with van der Waals surface area (Å²) < 4.78 is 25.2. The van der Waals surface area contributed by atoms with E-state index in [1.165, 1.54) is 11.9 Å². The molecule has 0 bridgehead atoms. The standard InChI is InChI=1S/C21H21N5O2S/c1-14(15-6-4-3-5-7-15)24-20-18-12-19(25-21(18)23-13-22-20)16-8-10-17(11-9-16)26-29(2,27)28/h3-14,26H,1-2H3,(H2,22,23,24,25). The summed E-state index contributed by atoms with van der Waals surface area (Å²) in [7, 11) is -3.30. The molecule has 8 heteroatoms. The minimum atomic E-state index is -3.30. The molecule has 0 aliphatic rings. The third-order valence-corrected chi connectivity index (χ3v) is 5.18. The van der Waals surface area contributed by atoms with E-state index in [1.807, 2.05) is 36.4 Å². The van der Waals surface area contributed by atoms with Crippen LogP contribution in [0.15, 0.2) is 67.0 Å². The maximum absolute atomic E-state index is 11.4. The van der Waals surface area contributed by atoms with Crippen molar-refractivity contribution in [2.24, 2.45) is 0 Å². The molecule has 2 aromatic carbocycles. The first-order chi connectivity index (χ1) is 13.9. The molecule has 0 amide bonds. The molecule has 2 aromatic heterocycles. The topological polar surface area (TPSA) is 99.8 Å². The zero-order valence-corrected chi connectivity index (χ0v) is 16.9. The Morgan fingerprint density at radius 3 is 2.41 bits per heavy atom. The number of aromatic amines is 1. The Morgan fingerprint density at radius 2 is 1.72 bits per heavy atom. The van der Waals surface area contributed by atoms with Crippen molar-refractivity contribution in [1.82, 2.24) is 15.0 Å². The lowest BCUT2D eigenvalue weighted by molar-refractivity contribution is 0.607. The van der Waals surface area contributed by atoms with Gasteiger partial charge in [-0.15, -0.1) is 0 Å². The number of nitrogens with zero attached hydrogens (tertiary/aromatic N) is 2. The van der Waals surface area contributed by atoms with Crippen molar-refractivity contribution in [2.45, 2.75) is 13.0 Å². The van der Waals surface area contributed by atoms with Crippen LogP contribution in [0.4, 0.5) is 11.5 Å². The number of H-pyrrole nitrogens is 1. The Bertz CT molecular complexity index is 1240. The van der Waals surface area contributed by atoms with Crippen LogP contribution in [0, 0.1) is 0 Å². The Hall–Kier alpha value is -3.39. The molecule has 3 N–H and O–H groups in total. The van der Waals surface area contributed by atoms with Crippen LogP contribution in [-0.2, 0) is 10.0 Å². The summed E-state index contributed by atoms with van der Waals surface area (Å²) in [6.07, 6.45) is 2.66. The van der Waals surface area contributed by atoms with E-state index in [0.29, 0.717) is 5.69 Å². The normalized spacial score (nSPS) is 12.6. The van der Waals surface area contributed by atoms with Crippen LogP contribution in [0.25, 0.3) is 22.3 Å². The fourth-order valence-corrected chi connectivity index (χ4v) is 3.74. The molecule has 7 nitrogen and oxygen atoms in total. The van der Waals surface area contributed by atoms with Gasteiger partial charge in [-0.3, -0.25) is 4.72 Å².